The van der Waals surface area contributed by atoms with Crippen molar-refractivity contribution in [1.82, 2.24) is 9.62 Å². The average Bonchev–Trinajstić information content (AvgIpc) is 3.38. The topological polar surface area (TPSA) is 95.6 Å². The van der Waals surface area contributed by atoms with Gasteiger partial charge in [0.2, 0.25) is 21.8 Å². The summed E-state index contributed by atoms with van der Waals surface area (Å²) in [5, 5.41) is 4.56. The number of rotatable bonds is 9. The van der Waals surface area contributed by atoms with Crippen molar-refractivity contribution in [3.63, 3.8) is 0 Å². The van der Waals surface area contributed by atoms with Gasteiger partial charge in [0.15, 0.2) is 0 Å². The quantitative estimate of drug-likeness (QED) is 0.483. The van der Waals surface area contributed by atoms with Crippen LogP contribution in [0.15, 0.2) is 52.3 Å². The first-order valence-corrected chi connectivity index (χ1v) is 13.8. The van der Waals surface area contributed by atoms with E-state index in [0.29, 0.717) is 12.0 Å². The first-order valence-electron chi connectivity index (χ1n) is 11.5. The van der Waals surface area contributed by atoms with E-state index in [2.05, 4.69) is 10.0 Å². The highest BCUT2D eigenvalue weighted by Crippen LogP contribution is 2.36. The number of halogens is 2. The lowest BCUT2D eigenvalue weighted by molar-refractivity contribution is -0.133. The van der Waals surface area contributed by atoms with Crippen LogP contribution in [-0.2, 0) is 19.6 Å². The molecule has 2 amide bonds. The standard InChI is InChI=1S/C24H29F2N3O4S2/c1-3-7-18(24(31)29-13-11-16(12-14-29)23(25)26)28-35(32,33)20-10-5-8-17(19-9-6-15-34-19)22(20)27-21(30)4-2/h5-6,8-10,15,18,28H,3-4,7,11-14H2,1-2H3,(H,27,30)/t18-/m0/s1. The summed E-state index contributed by atoms with van der Waals surface area (Å²) in [6.45, 7) is 3.71. The fourth-order valence-electron chi connectivity index (χ4n) is 3.93. The van der Waals surface area contributed by atoms with Gasteiger partial charge in [-0.2, -0.15) is 13.5 Å². The van der Waals surface area contributed by atoms with Crippen LogP contribution in [0.5, 0.6) is 0 Å². The molecule has 35 heavy (non-hydrogen) atoms. The molecule has 1 aliphatic rings. The highest BCUT2D eigenvalue weighted by Gasteiger charge is 2.32. The predicted molar refractivity (Wildman–Crippen MR) is 133 cm³/mol. The number of thiophene rings is 1. The third kappa shape index (κ3) is 6.53. The van der Waals surface area contributed by atoms with E-state index in [1.165, 1.54) is 22.3 Å². The second-order valence-electron chi connectivity index (χ2n) is 8.21. The minimum absolute atomic E-state index is 0.0309. The molecule has 3 rings (SSSR count). The van der Waals surface area contributed by atoms with Crippen molar-refractivity contribution in [2.75, 3.05) is 18.4 Å². The molecule has 0 saturated carbocycles. The zero-order chi connectivity index (χ0) is 25.6. The largest absolute Gasteiger partial charge is 0.341 e. The molecule has 7 nitrogen and oxygen atoms in total. The number of sulfonamides is 1. The zero-order valence-corrected chi connectivity index (χ0v) is 21.3. The van der Waals surface area contributed by atoms with E-state index in [4.69, 9.17) is 0 Å². The normalized spacial score (nSPS) is 15.1. The Morgan fingerprint density at radius 2 is 1.83 bits per heavy atom. The molecule has 190 valence electrons. The SMILES string of the molecule is CCC[C@H](NS(=O)(=O)c1cccc(-c2cccs2)c1NC(=O)CC)C(=O)N1CCC(=C(F)F)CC1. The minimum atomic E-state index is -4.22. The second kappa shape index (κ2) is 11.9. The molecule has 0 radical (unpaired) electrons. The van der Waals surface area contributed by atoms with Crippen LogP contribution >= 0.6 is 11.3 Å². The van der Waals surface area contributed by atoms with Gasteiger partial charge in [0.25, 0.3) is 6.08 Å². The second-order valence-corrected chi connectivity index (χ2v) is 10.8. The van der Waals surface area contributed by atoms with Crippen molar-refractivity contribution in [2.45, 2.75) is 56.9 Å². The summed E-state index contributed by atoms with van der Waals surface area (Å²) in [6, 6.07) is 7.31. The van der Waals surface area contributed by atoms with Crippen LogP contribution in [0.25, 0.3) is 10.4 Å². The van der Waals surface area contributed by atoms with Gasteiger partial charge in [0.1, 0.15) is 10.9 Å². The van der Waals surface area contributed by atoms with Gasteiger partial charge in [-0.3, -0.25) is 9.59 Å². The fraction of sp³-hybridized carbons (Fsp3) is 0.417. The molecule has 2 heterocycles. The third-order valence-electron chi connectivity index (χ3n) is 5.81. The lowest BCUT2D eigenvalue weighted by atomic mass is 10.0. The summed E-state index contributed by atoms with van der Waals surface area (Å²) in [4.78, 5) is 27.5. The van der Waals surface area contributed by atoms with Crippen molar-refractivity contribution in [2.24, 2.45) is 0 Å². The van der Waals surface area contributed by atoms with Crippen molar-refractivity contribution in [3.8, 4) is 10.4 Å². The van der Waals surface area contributed by atoms with Gasteiger partial charge in [0.05, 0.1) is 5.69 Å². The van der Waals surface area contributed by atoms with E-state index in [0.717, 1.165) is 4.88 Å². The van der Waals surface area contributed by atoms with Gasteiger partial charge in [-0.1, -0.05) is 38.5 Å². The summed E-state index contributed by atoms with van der Waals surface area (Å²) in [6.07, 6.45) is -0.643. The molecule has 2 N–H and O–H groups in total. The maximum Gasteiger partial charge on any atom is 0.269 e. The molecule has 1 aliphatic heterocycles. The molecule has 1 aromatic carbocycles. The molecule has 0 aliphatic carbocycles. The van der Waals surface area contributed by atoms with Crippen LogP contribution < -0.4 is 10.0 Å². The van der Waals surface area contributed by atoms with Crippen molar-refractivity contribution in [1.29, 1.82) is 0 Å². The molecule has 0 unspecified atom stereocenters. The number of piperidine rings is 1. The maximum absolute atomic E-state index is 13.5. The number of hydrogen-bond acceptors (Lipinski definition) is 5. The van der Waals surface area contributed by atoms with Crippen LogP contribution in [0.4, 0.5) is 14.5 Å². The first-order chi connectivity index (χ1) is 16.7. The van der Waals surface area contributed by atoms with Gasteiger partial charge in [-0.25, -0.2) is 8.42 Å². The van der Waals surface area contributed by atoms with E-state index >= 15 is 0 Å². The Bertz CT molecular complexity index is 1180. The highest BCUT2D eigenvalue weighted by molar-refractivity contribution is 7.89. The van der Waals surface area contributed by atoms with Crippen LogP contribution in [0.2, 0.25) is 0 Å². The number of carbonyl (C=O) groups excluding carboxylic acids is 2. The summed E-state index contributed by atoms with van der Waals surface area (Å²) in [5.41, 5.74) is 0.748. The number of amides is 2. The van der Waals surface area contributed by atoms with Crippen LogP contribution in [-0.4, -0.2) is 44.3 Å². The van der Waals surface area contributed by atoms with E-state index in [9.17, 15) is 26.8 Å². The molecule has 1 atom stereocenters. The molecular formula is C24H29F2N3O4S2. The Balaban J connectivity index is 1.92. The van der Waals surface area contributed by atoms with E-state index in [-0.39, 0.29) is 60.8 Å². The number of anilines is 1. The number of benzene rings is 1. The zero-order valence-electron chi connectivity index (χ0n) is 19.6. The molecule has 0 bridgehead atoms. The monoisotopic (exact) mass is 525 g/mol. The number of para-hydroxylation sites is 1. The molecule has 1 fully saturated rings. The van der Waals surface area contributed by atoms with Gasteiger partial charge in [-0.05, 0) is 42.3 Å². The third-order valence-corrected chi connectivity index (χ3v) is 8.22. The van der Waals surface area contributed by atoms with Crippen LogP contribution in [0.3, 0.4) is 0 Å². The van der Waals surface area contributed by atoms with E-state index < -0.39 is 28.1 Å². The molecular weight excluding hydrogens is 496 g/mol. The number of likely N-dealkylation sites (tertiary alicyclic amines) is 1. The van der Waals surface area contributed by atoms with Crippen molar-refractivity contribution < 1.29 is 26.8 Å². The average molecular weight is 526 g/mol. The molecule has 11 heteroatoms. The summed E-state index contributed by atoms with van der Waals surface area (Å²) in [5.74, 6) is -0.786. The Morgan fingerprint density at radius 1 is 1.11 bits per heavy atom. The molecule has 0 spiro atoms. The number of hydrogen-bond donors (Lipinski definition) is 2. The maximum atomic E-state index is 13.5. The smallest absolute Gasteiger partial charge is 0.269 e. The van der Waals surface area contributed by atoms with Crippen LogP contribution in [0, 0.1) is 0 Å². The van der Waals surface area contributed by atoms with Gasteiger partial charge < -0.3 is 10.2 Å². The summed E-state index contributed by atoms with van der Waals surface area (Å²) >= 11 is 1.41. The number of nitrogens with one attached hydrogen (secondary N) is 2. The van der Waals surface area contributed by atoms with E-state index in [1.807, 2.05) is 24.4 Å². The highest BCUT2D eigenvalue weighted by atomic mass is 32.2. The number of nitrogens with zero attached hydrogens (tertiary/aromatic N) is 1. The minimum Gasteiger partial charge on any atom is -0.341 e. The van der Waals surface area contributed by atoms with Gasteiger partial charge in [0, 0.05) is 30.0 Å². The summed E-state index contributed by atoms with van der Waals surface area (Å²) < 4.78 is 55.3. The molecule has 2 aromatic rings. The lowest BCUT2D eigenvalue weighted by Crippen LogP contribution is -2.50. The Labute approximate surface area is 208 Å². The Morgan fingerprint density at radius 3 is 2.40 bits per heavy atom. The van der Waals surface area contributed by atoms with Crippen molar-refractivity contribution in [3.05, 3.63) is 47.4 Å². The van der Waals surface area contributed by atoms with Crippen molar-refractivity contribution >= 4 is 38.9 Å². The van der Waals surface area contributed by atoms with Crippen LogP contribution in [0.1, 0.15) is 46.0 Å². The van der Waals surface area contributed by atoms with Gasteiger partial charge in [-0.15, -0.1) is 11.3 Å². The fourth-order valence-corrected chi connectivity index (χ4v) is 6.09. The molecule has 1 aromatic heterocycles. The molecule has 1 saturated heterocycles. The van der Waals surface area contributed by atoms with Gasteiger partial charge >= 0.3 is 0 Å². The number of carbonyl (C=O) groups is 2. The Kier molecular flexibility index (Phi) is 9.15. The Hall–Kier alpha value is -2.63. The predicted octanol–water partition coefficient (Wildman–Crippen LogP) is 4.98. The first kappa shape index (κ1) is 27.0. The van der Waals surface area contributed by atoms with E-state index in [1.54, 1.807) is 19.1 Å². The lowest BCUT2D eigenvalue weighted by Gasteiger charge is -2.31. The summed E-state index contributed by atoms with van der Waals surface area (Å²) in [7, 11) is -4.22.